The summed E-state index contributed by atoms with van der Waals surface area (Å²) in [6.07, 6.45) is 1.84. The van der Waals surface area contributed by atoms with Gasteiger partial charge in [-0.2, -0.15) is 4.31 Å². The third kappa shape index (κ3) is 5.03. The minimum atomic E-state index is -3.86. The van der Waals surface area contributed by atoms with Gasteiger partial charge < -0.3 is 5.32 Å². The number of carbonyl (C=O) groups is 2. The van der Waals surface area contributed by atoms with Gasteiger partial charge in [-0.15, -0.1) is 0 Å². The van der Waals surface area contributed by atoms with E-state index in [1.165, 1.54) is 22.5 Å². The first kappa shape index (κ1) is 20.2. The highest BCUT2D eigenvalue weighted by Crippen LogP contribution is 2.22. The number of hydrogen-bond donors (Lipinski definition) is 2. The highest BCUT2D eigenvalue weighted by atomic mass is 32.2. The first-order valence-electron chi connectivity index (χ1n) is 8.83. The fraction of sp³-hybridized carbons (Fsp3) is 0.500. The fourth-order valence-electron chi connectivity index (χ4n) is 2.85. The van der Waals surface area contributed by atoms with Crippen LogP contribution in [-0.4, -0.2) is 73.3 Å². The van der Waals surface area contributed by atoms with E-state index in [0.717, 1.165) is 18.9 Å². The lowest BCUT2D eigenvalue weighted by Gasteiger charge is -2.33. The zero-order valence-corrected chi connectivity index (χ0v) is 15.9. The second kappa shape index (κ2) is 8.20. The van der Waals surface area contributed by atoms with Gasteiger partial charge in [0, 0.05) is 44.4 Å². The molecule has 28 heavy (non-hydrogen) atoms. The molecule has 3 amide bonds. The molecule has 3 rings (SSSR count). The first-order valence-corrected chi connectivity index (χ1v) is 10.3. The maximum Gasteiger partial charge on any atom is 0.321 e. The van der Waals surface area contributed by atoms with Crippen LogP contribution >= 0.6 is 0 Å². The van der Waals surface area contributed by atoms with Crippen molar-refractivity contribution in [3.63, 3.8) is 0 Å². The van der Waals surface area contributed by atoms with E-state index in [0.29, 0.717) is 13.1 Å². The third-order valence-electron chi connectivity index (χ3n) is 4.53. The molecule has 0 atom stereocenters. The summed E-state index contributed by atoms with van der Waals surface area (Å²) in [6.45, 7) is 0.902. The summed E-state index contributed by atoms with van der Waals surface area (Å²) in [5.41, 5.74) is -0.291. The van der Waals surface area contributed by atoms with Gasteiger partial charge in [0.2, 0.25) is 15.9 Å². The molecule has 1 saturated heterocycles. The van der Waals surface area contributed by atoms with Crippen molar-refractivity contribution in [2.45, 2.75) is 23.8 Å². The molecule has 0 unspecified atom stereocenters. The van der Waals surface area contributed by atoms with Gasteiger partial charge in [-0.3, -0.25) is 25.1 Å². The average Bonchev–Trinajstić information content (AvgIpc) is 3.46. The summed E-state index contributed by atoms with van der Waals surface area (Å²) in [4.78, 5) is 35.3. The molecular weight excluding hydrogens is 390 g/mol. The molecule has 2 aliphatic rings. The number of non-ortho nitro benzene ring substituents is 1. The Morgan fingerprint density at radius 2 is 1.86 bits per heavy atom. The molecule has 0 radical (unpaired) electrons. The SMILES string of the molecule is O=C(CN1CCN(S(=O)(=O)c2cccc([N+](=O)[O-])c2)CC1)NC(=O)NC1CC1. The first-order chi connectivity index (χ1) is 13.3. The average molecular weight is 411 g/mol. The summed E-state index contributed by atoms with van der Waals surface area (Å²) in [5.74, 6) is -0.451. The zero-order valence-electron chi connectivity index (χ0n) is 15.0. The van der Waals surface area contributed by atoms with Crippen LogP contribution in [-0.2, 0) is 14.8 Å². The smallest absolute Gasteiger partial charge is 0.321 e. The van der Waals surface area contributed by atoms with E-state index >= 15 is 0 Å². The van der Waals surface area contributed by atoms with Crippen molar-refractivity contribution in [2.24, 2.45) is 0 Å². The lowest BCUT2D eigenvalue weighted by molar-refractivity contribution is -0.385. The molecule has 1 aliphatic heterocycles. The summed E-state index contributed by atoms with van der Waals surface area (Å²) in [6, 6.07) is 4.55. The number of nitro benzene ring substituents is 1. The number of hydrogen-bond acceptors (Lipinski definition) is 7. The van der Waals surface area contributed by atoms with Crippen LogP contribution in [0.15, 0.2) is 29.2 Å². The van der Waals surface area contributed by atoms with E-state index in [1.807, 2.05) is 0 Å². The van der Waals surface area contributed by atoms with Crippen molar-refractivity contribution in [2.75, 3.05) is 32.7 Å². The van der Waals surface area contributed by atoms with E-state index in [1.54, 1.807) is 4.90 Å². The number of imide groups is 1. The molecule has 152 valence electrons. The van der Waals surface area contributed by atoms with Crippen LogP contribution in [0.1, 0.15) is 12.8 Å². The van der Waals surface area contributed by atoms with Gasteiger partial charge in [-0.05, 0) is 18.9 Å². The number of rotatable bonds is 6. The Balaban J connectivity index is 1.52. The fourth-order valence-corrected chi connectivity index (χ4v) is 4.32. The van der Waals surface area contributed by atoms with Crippen LogP contribution in [0.4, 0.5) is 10.5 Å². The number of sulfonamides is 1. The van der Waals surface area contributed by atoms with Crippen LogP contribution in [0.2, 0.25) is 0 Å². The molecular formula is C16H21N5O6S. The Bertz CT molecular complexity index is 877. The molecule has 12 heteroatoms. The summed E-state index contributed by atoms with van der Waals surface area (Å²) >= 11 is 0. The molecule has 1 heterocycles. The molecule has 11 nitrogen and oxygen atoms in total. The van der Waals surface area contributed by atoms with Gasteiger partial charge in [0.05, 0.1) is 16.4 Å². The molecule has 0 spiro atoms. The van der Waals surface area contributed by atoms with Gasteiger partial charge in [-0.1, -0.05) is 6.07 Å². The molecule has 2 fully saturated rings. The number of nitrogens with one attached hydrogen (secondary N) is 2. The Kier molecular flexibility index (Phi) is 5.91. The second-order valence-corrected chi connectivity index (χ2v) is 8.67. The minimum absolute atomic E-state index is 0.0111. The lowest BCUT2D eigenvalue weighted by Crippen LogP contribution is -2.52. The maximum absolute atomic E-state index is 12.7. The van der Waals surface area contributed by atoms with E-state index in [4.69, 9.17) is 0 Å². The largest absolute Gasteiger partial charge is 0.335 e. The standard InChI is InChI=1S/C16H21N5O6S/c22-15(18-16(23)17-12-4-5-12)11-19-6-8-20(9-7-19)28(26,27)14-3-1-2-13(10-14)21(24)25/h1-3,10,12H,4-9,11H2,(H2,17,18,22,23). The topological polar surface area (TPSA) is 142 Å². The Labute approximate surface area is 161 Å². The van der Waals surface area contributed by atoms with Crippen LogP contribution in [0, 0.1) is 10.1 Å². The van der Waals surface area contributed by atoms with Crippen molar-refractivity contribution in [1.29, 1.82) is 0 Å². The monoisotopic (exact) mass is 411 g/mol. The van der Waals surface area contributed by atoms with Crippen LogP contribution in [0.25, 0.3) is 0 Å². The molecule has 0 aromatic heterocycles. The number of amides is 3. The number of carbonyl (C=O) groups excluding carboxylic acids is 2. The summed E-state index contributed by atoms with van der Waals surface area (Å²) in [5, 5.41) is 15.8. The van der Waals surface area contributed by atoms with Crippen molar-refractivity contribution < 1.29 is 22.9 Å². The lowest BCUT2D eigenvalue weighted by atomic mass is 10.3. The minimum Gasteiger partial charge on any atom is -0.335 e. The predicted octanol–water partition coefficient (Wildman–Crippen LogP) is -0.111. The maximum atomic E-state index is 12.7. The van der Waals surface area contributed by atoms with Gasteiger partial charge in [0.15, 0.2) is 0 Å². The molecule has 1 aromatic rings. The Morgan fingerprint density at radius 3 is 2.46 bits per heavy atom. The summed E-state index contributed by atoms with van der Waals surface area (Å²) in [7, 11) is -3.86. The van der Waals surface area contributed by atoms with Gasteiger partial charge in [0.25, 0.3) is 5.69 Å². The second-order valence-electron chi connectivity index (χ2n) is 6.73. The normalized spacial score (nSPS) is 18.4. The van der Waals surface area contributed by atoms with Gasteiger partial charge >= 0.3 is 6.03 Å². The Hall–Kier alpha value is -2.57. The number of urea groups is 1. The Morgan fingerprint density at radius 1 is 1.18 bits per heavy atom. The van der Waals surface area contributed by atoms with Crippen LogP contribution in [0.3, 0.4) is 0 Å². The highest BCUT2D eigenvalue weighted by molar-refractivity contribution is 7.89. The van der Waals surface area contributed by atoms with Gasteiger partial charge in [-0.25, -0.2) is 13.2 Å². The molecule has 2 N–H and O–H groups in total. The number of piperazine rings is 1. The number of nitrogens with zero attached hydrogens (tertiary/aromatic N) is 3. The van der Waals surface area contributed by atoms with Crippen LogP contribution < -0.4 is 10.6 Å². The molecule has 1 aliphatic carbocycles. The van der Waals surface area contributed by atoms with E-state index in [-0.39, 0.29) is 36.3 Å². The van der Waals surface area contributed by atoms with Crippen LogP contribution in [0.5, 0.6) is 0 Å². The van der Waals surface area contributed by atoms with Crippen molar-refractivity contribution in [3.05, 3.63) is 34.4 Å². The quantitative estimate of drug-likeness (QED) is 0.491. The van der Waals surface area contributed by atoms with E-state index in [2.05, 4.69) is 10.6 Å². The third-order valence-corrected chi connectivity index (χ3v) is 6.42. The molecule has 0 bridgehead atoms. The van der Waals surface area contributed by atoms with Gasteiger partial charge in [0.1, 0.15) is 0 Å². The van der Waals surface area contributed by atoms with E-state index < -0.39 is 26.9 Å². The highest BCUT2D eigenvalue weighted by Gasteiger charge is 2.30. The molecule has 1 aromatic carbocycles. The predicted molar refractivity (Wildman–Crippen MR) is 98.0 cm³/mol. The zero-order chi connectivity index (χ0) is 20.3. The summed E-state index contributed by atoms with van der Waals surface area (Å²) < 4.78 is 26.6. The van der Waals surface area contributed by atoms with Crippen molar-refractivity contribution >= 4 is 27.6 Å². The number of benzene rings is 1. The van der Waals surface area contributed by atoms with Crippen molar-refractivity contribution in [1.82, 2.24) is 19.8 Å². The molecule has 1 saturated carbocycles. The number of nitro groups is 1. The van der Waals surface area contributed by atoms with Crippen molar-refractivity contribution in [3.8, 4) is 0 Å². The van der Waals surface area contributed by atoms with E-state index in [9.17, 15) is 28.1 Å².